The summed E-state index contributed by atoms with van der Waals surface area (Å²) >= 11 is 0. The SMILES string of the molecule is NCc1ccc(F)c(COc2ccc(C(F)(F)F)cc2)c1. The second-order valence-corrected chi connectivity index (χ2v) is 4.44. The molecular weight excluding hydrogens is 286 g/mol. The Kier molecular flexibility index (Phi) is 4.47. The highest BCUT2D eigenvalue weighted by Crippen LogP contribution is 2.30. The molecule has 2 N–H and O–H groups in total. The lowest BCUT2D eigenvalue weighted by Gasteiger charge is -2.10. The fourth-order valence-corrected chi connectivity index (χ4v) is 1.77. The molecule has 0 fully saturated rings. The largest absolute Gasteiger partial charge is 0.489 e. The minimum atomic E-state index is -4.39. The van der Waals surface area contributed by atoms with Crippen LogP contribution < -0.4 is 10.5 Å². The highest BCUT2D eigenvalue weighted by molar-refractivity contribution is 5.30. The molecule has 0 saturated heterocycles. The molecule has 0 amide bonds. The first-order valence-electron chi connectivity index (χ1n) is 6.17. The third kappa shape index (κ3) is 3.95. The summed E-state index contributed by atoms with van der Waals surface area (Å²) < 4.78 is 56.1. The maximum Gasteiger partial charge on any atom is 0.416 e. The Balaban J connectivity index is 2.06. The monoisotopic (exact) mass is 299 g/mol. The van der Waals surface area contributed by atoms with Gasteiger partial charge in [0.15, 0.2) is 0 Å². The Morgan fingerprint density at radius 3 is 2.24 bits per heavy atom. The summed E-state index contributed by atoms with van der Waals surface area (Å²) in [5.41, 5.74) is 5.76. The van der Waals surface area contributed by atoms with E-state index in [1.54, 1.807) is 12.1 Å². The highest BCUT2D eigenvalue weighted by Gasteiger charge is 2.29. The topological polar surface area (TPSA) is 35.2 Å². The normalized spacial score (nSPS) is 11.5. The molecule has 0 bridgehead atoms. The zero-order chi connectivity index (χ0) is 15.5. The zero-order valence-corrected chi connectivity index (χ0v) is 11.0. The molecule has 0 aromatic heterocycles. The number of benzene rings is 2. The molecule has 0 saturated carbocycles. The number of alkyl halides is 3. The van der Waals surface area contributed by atoms with Gasteiger partial charge in [0.05, 0.1) is 5.56 Å². The summed E-state index contributed by atoms with van der Waals surface area (Å²) in [5, 5.41) is 0. The Morgan fingerprint density at radius 1 is 1.00 bits per heavy atom. The van der Waals surface area contributed by atoms with Gasteiger partial charge in [0, 0.05) is 12.1 Å². The third-order valence-corrected chi connectivity index (χ3v) is 2.92. The molecule has 0 atom stereocenters. The summed E-state index contributed by atoms with van der Waals surface area (Å²) in [6, 6.07) is 8.66. The second-order valence-electron chi connectivity index (χ2n) is 4.44. The van der Waals surface area contributed by atoms with Crippen LogP contribution in [0.2, 0.25) is 0 Å². The molecule has 6 heteroatoms. The predicted octanol–water partition coefficient (Wildman–Crippen LogP) is 3.88. The first kappa shape index (κ1) is 15.3. The summed E-state index contributed by atoms with van der Waals surface area (Å²) in [5.74, 6) is -0.209. The van der Waals surface area contributed by atoms with Gasteiger partial charge in [-0.3, -0.25) is 0 Å². The second kappa shape index (κ2) is 6.13. The Bertz CT molecular complexity index is 608. The van der Waals surface area contributed by atoms with E-state index in [0.29, 0.717) is 5.56 Å². The van der Waals surface area contributed by atoms with E-state index >= 15 is 0 Å². The lowest BCUT2D eigenvalue weighted by molar-refractivity contribution is -0.137. The maximum absolute atomic E-state index is 13.6. The van der Waals surface area contributed by atoms with Gasteiger partial charge in [-0.1, -0.05) is 6.07 Å². The van der Waals surface area contributed by atoms with Crippen LogP contribution in [0.15, 0.2) is 42.5 Å². The number of ether oxygens (including phenoxy) is 1. The van der Waals surface area contributed by atoms with E-state index in [0.717, 1.165) is 17.7 Å². The molecule has 2 rings (SSSR count). The average molecular weight is 299 g/mol. The van der Waals surface area contributed by atoms with Crippen LogP contribution in [0, 0.1) is 5.82 Å². The molecule has 0 radical (unpaired) electrons. The zero-order valence-electron chi connectivity index (χ0n) is 11.0. The third-order valence-electron chi connectivity index (χ3n) is 2.92. The van der Waals surface area contributed by atoms with E-state index in [2.05, 4.69) is 0 Å². The molecule has 0 aliphatic rings. The van der Waals surface area contributed by atoms with Crippen molar-refractivity contribution in [3.05, 3.63) is 65.0 Å². The number of halogens is 4. The highest BCUT2D eigenvalue weighted by atomic mass is 19.4. The van der Waals surface area contributed by atoms with Gasteiger partial charge in [-0.15, -0.1) is 0 Å². The van der Waals surface area contributed by atoms with Gasteiger partial charge in [-0.2, -0.15) is 13.2 Å². The van der Waals surface area contributed by atoms with E-state index in [1.807, 2.05) is 0 Å². The van der Waals surface area contributed by atoms with Gasteiger partial charge < -0.3 is 10.5 Å². The van der Waals surface area contributed by atoms with Crippen molar-refractivity contribution >= 4 is 0 Å². The van der Waals surface area contributed by atoms with Crippen LogP contribution in [-0.4, -0.2) is 0 Å². The first-order chi connectivity index (χ1) is 9.90. The molecule has 2 aromatic rings. The Morgan fingerprint density at radius 2 is 1.67 bits per heavy atom. The average Bonchev–Trinajstić information content (AvgIpc) is 2.46. The molecule has 0 aliphatic carbocycles. The first-order valence-corrected chi connectivity index (χ1v) is 6.17. The number of hydrogen-bond donors (Lipinski definition) is 1. The van der Waals surface area contributed by atoms with Gasteiger partial charge in [0.25, 0.3) is 0 Å². The van der Waals surface area contributed by atoms with E-state index in [-0.39, 0.29) is 18.9 Å². The summed E-state index contributed by atoms with van der Waals surface area (Å²) in [7, 11) is 0. The van der Waals surface area contributed by atoms with Gasteiger partial charge in [-0.25, -0.2) is 4.39 Å². The van der Waals surface area contributed by atoms with Crippen LogP contribution in [0.25, 0.3) is 0 Å². The van der Waals surface area contributed by atoms with Crippen molar-refractivity contribution in [1.29, 1.82) is 0 Å². The van der Waals surface area contributed by atoms with Crippen molar-refractivity contribution in [2.75, 3.05) is 0 Å². The fourth-order valence-electron chi connectivity index (χ4n) is 1.77. The van der Waals surface area contributed by atoms with Crippen LogP contribution in [0.3, 0.4) is 0 Å². The smallest absolute Gasteiger partial charge is 0.416 e. The molecule has 0 heterocycles. The number of hydrogen-bond acceptors (Lipinski definition) is 2. The minimum Gasteiger partial charge on any atom is -0.489 e. The van der Waals surface area contributed by atoms with Crippen LogP contribution in [0.5, 0.6) is 5.75 Å². The minimum absolute atomic E-state index is 0.0783. The van der Waals surface area contributed by atoms with E-state index in [9.17, 15) is 17.6 Å². The van der Waals surface area contributed by atoms with Gasteiger partial charge in [-0.05, 0) is 42.0 Å². The van der Waals surface area contributed by atoms with E-state index in [4.69, 9.17) is 10.5 Å². The van der Waals surface area contributed by atoms with Gasteiger partial charge in [0.2, 0.25) is 0 Å². The summed E-state index contributed by atoms with van der Waals surface area (Å²) in [6.07, 6.45) is -4.39. The van der Waals surface area contributed by atoms with Gasteiger partial charge in [0.1, 0.15) is 18.2 Å². The summed E-state index contributed by atoms with van der Waals surface area (Å²) in [4.78, 5) is 0. The Hall–Kier alpha value is -2.08. The van der Waals surface area contributed by atoms with Crippen LogP contribution in [0.1, 0.15) is 16.7 Å². The van der Waals surface area contributed by atoms with Crippen molar-refractivity contribution < 1.29 is 22.3 Å². The van der Waals surface area contributed by atoms with Crippen LogP contribution in [-0.2, 0) is 19.3 Å². The number of nitrogens with two attached hydrogens (primary N) is 1. The van der Waals surface area contributed by atoms with Crippen molar-refractivity contribution in [1.82, 2.24) is 0 Å². The lowest BCUT2D eigenvalue weighted by atomic mass is 10.1. The maximum atomic E-state index is 13.6. The molecule has 0 aliphatic heterocycles. The van der Waals surface area contributed by atoms with Gasteiger partial charge >= 0.3 is 6.18 Å². The van der Waals surface area contributed by atoms with Crippen molar-refractivity contribution in [2.24, 2.45) is 5.73 Å². The molecule has 0 spiro atoms. The number of rotatable bonds is 4. The van der Waals surface area contributed by atoms with E-state index in [1.165, 1.54) is 18.2 Å². The van der Waals surface area contributed by atoms with E-state index < -0.39 is 17.6 Å². The quantitative estimate of drug-likeness (QED) is 0.870. The van der Waals surface area contributed by atoms with Crippen LogP contribution >= 0.6 is 0 Å². The molecule has 0 unspecified atom stereocenters. The van der Waals surface area contributed by atoms with Crippen molar-refractivity contribution in [3.8, 4) is 5.75 Å². The molecule has 21 heavy (non-hydrogen) atoms. The molecule has 2 nitrogen and oxygen atoms in total. The van der Waals surface area contributed by atoms with Crippen molar-refractivity contribution in [2.45, 2.75) is 19.3 Å². The van der Waals surface area contributed by atoms with Crippen molar-refractivity contribution in [3.63, 3.8) is 0 Å². The standard InChI is InChI=1S/C15H13F4NO/c16-14-6-1-10(8-20)7-11(14)9-21-13-4-2-12(3-5-13)15(17,18)19/h1-7H,8-9,20H2. The molecule has 2 aromatic carbocycles. The summed E-state index contributed by atoms with van der Waals surface area (Å²) in [6.45, 7) is 0.193. The lowest BCUT2D eigenvalue weighted by Crippen LogP contribution is -2.05. The predicted molar refractivity (Wildman–Crippen MR) is 70.1 cm³/mol. The van der Waals surface area contributed by atoms with Crippen LogP contribution in [0.4, 0.5) is 17.6 Å². The molecule has 112 valence electrons. The Labute approximate surface area is 119 Å². The fraction of sp³-hybridized carbons (Fsp3) is 0.200. The molecular formula is C15H13F4NO.